The van der Waals surface area contributed by atoms with Crippen molar-refractivity contribution >= 4 is 187 Å². The molecule has 0 aliphatic heterocycles. The van der Waals surface area contributed by atoms with Crippen molar-refractivity contribution in [2.45, 2.75) is 0 Å². The molecule has 0 saturated heterocycles. The highest BCUT2D eigenvalue weighted by Gasteiger charge is 2.22. The van der Waals surface area contributed by atoms with Crippen LogP contribution in [0.5, 0.6) is 0 Å². The Kier molecular flexibility index (Phi) is 8.72. The van der Waals surface area contributed by atoms with Crippen LogP contribution in [0.4, 0.5) is 0 Å². The van der Waals surface area contributed by atoms with E-state index in [1.165, 1.54) is 92.5 Å². The zero-order chi connectivity index (χ0) is 41.0. The van der Waals surface area contributed by atoms with E-state index >= 15 is 0 Å². The fraction of sp³-hybridized carbons (Fsp3) is 0. The number of nitrogens with zero attached hydrogens (tertiary/aromatic N) is 3. The molecule has 10 aromatic rings. The number of hydrogen-bond donors (Lipinski definition) is 0. The molecule has 0 unspecified atom stereocenters. The van der Waals surface area contributed by atoms with Gasteiger partial charge in [0.05, 0.1) is 0 Å². The van der Waals surface area contributed by atoms with Gasteiger partial charge in [0.1, 0.15) is 89.6 Å². The molecule has 0 spiro atoms. The zero-order valence-corrected chi connectivity index (χ0v) is 35.6. The predicted molar refractivity (Wildman–Crippen MR) is 283 cm³/mol. The second-order valence-corrected chi connectivity index (χ2v) is 16.7. The third kappa shape index (κ3) is 5.70. The van der Waals surface area contributed by atoms with Crippen molar-refractivity contribution in [1.82, 2.24) is 15.0 Å². The predicted octanol–water partition coefficient (Wildman–Crippen LogP) is -5.52. The van der Waals surface area contributed by atoms with E-state index in [1.807, 2.05) is 0 Å². The van der Waals surface area contributed by atoms with Crippen molar-refractivity contribution < 1.29 is 4.42 Å². The van der Waals surface area contributed by atoms with Crippen LogP contribution < -0.4 is 54.6 Å². The number of fused-ring (bicyclic) bond motifs is 9. The molecule has 0 fully saturated rings. The lowest BCUT2D eigenvalue weighted by Crippen LogP contribution is -2.55. The highest BCUT2D eigenvalue weighted by atomic mass is 16.3. The minimum Gasteiger partial charge on any atom is -0.456 e. The lowest BCUT2D eigenvalue weighted by molar-refractivity contribution is 0.669. The summed E-state index contributed by atoms with van der Waals surface area (Å²) in [5.41, 5.74) is 19.6. The lowest BCUT2D eigenvalue weighted by Gasteiger charge is -2.22. The molecule has 0 radical (unpaired) electrons. The Morgan fingerprint density at radius 1 is 0.288 bits per heavy atom. The van der Waals surface area contributed by atoms with Gasteiger partial charge in [0.15, 0.2) is 17.5 Å². The minimum absolute atomic E-state index is 0.633. The van der Waals surface area contributed by atoms with E-state index in [-0.39, 0.29) is 0 Å². The molecule has 59 heavy (non-hydrogen) atoms. The van der Waals surface area contributed by atoms with Crippen LogP contribution in [0.15, 0.2) is 108 Å². The van der Waals surface area contributed by atoms with Gasteiger partial charge in [-0.05, 0) is 73.8 Å². The SMILES string of the molecule is Bc1c(B)c(B)c(-c2nc(-c3ccc4c(c3)oc3ccc(-c5ccc6c7ccccc7c7ccccc7c6c5)cc34)nc(-c3c(B)c(B)c(B)c(B)c3B)n2)c(B)c1B. The highest BCUT2D eigenvalue weighted by molar-refractivity contribution is 6.70. The maximum atomic E-state index is 6.61. The molecule has 10 rings (SSSR count). The summed E-state index contributed by atoms with van der Waals surface area (Å²) >= 11 is 0. The summed E-state index contributed by atoms with van der Waals surface area (Å²) in [5, 5.41) is 9.79. The molecule has 0 bridgehead atoms. The molecule has 2 aromatic heterocycles. The molecular formula is C45H37B10N3O. The van der Waals surface area contributed by atoms with Gasteiger partial charge in [-0.25, -0.2) is 15.0 Å². The Hall–Kier alpha value is -6.00. The van der Waals surface area contributed by atoms with Crippen molar-refractivity contribution in [3.63, 3.8) is 0 Å². The van der Waals surface area contributed by atoms with Crippen LogP contribution in [0.1, 0.15) is 0 Å². The van der Waals surface area contributed by atoms with Gasteiger partial charge in [0, 0.05) is 27.5 Å². The van der Waals surface area contributed by atoms with E-state index < -0.39 is 0 Å². The summed E-state index contributed by atoms with van der Waals surface area (Å²) in [4.78, 5) is 15.8. The van der Waals surface area contributed by atoms with Crippen LogP contribution in [0.3, 0.4) is 0 Å². The zero-order valence-electron chi connectivity index (χ0n) is 35.6. The molecule has 14 heteroatoms. The molecule has 0 amide bonds. The Balaban J connectivity index is 1.14. The first-order valence-corrected chi connectivity index (χ1v) is 20.6. The van der Waals surface area contributed by atoms with Crippen LogP contribution in [0, 0.1) is 0 Å². The van der Waals surface area contributed by atoms with Gasteiger partial charge >= 0.3 is 0 Å². The van der Waals surface area contributed by atoms with Gasteiger partial charge in [-0.3, -0.25) is 0 Å². The van der Waals surface area contributed by atoms with Crippen molar-refractivity contribution in [2.24, 2.45) is 0 Å². The first-order chi connectivity index (χ1) is 28.4. The van der Waals surface area contributed by atoms with Crippen LogP contribution in [-0.2, 0) is 0 Å². The highest BCUT2D eigenvalue weighted by Crippen LogP contribution is 2.39. The fourth-order valence-corrected chi connectivity index (χ4v) is 9.58. The van der Waals surface area contributed by atoms with Crippen LogP contribution in [0.25, 0.3) is 99.5 Å². The largest absolute Gasteiger partial charge is 0.456 e. The van der Waals surface area contributed by atoms with Gasteiger partial charge in [0.2, 0.25) is 0 Å². The molecule has 0 N–H and O–H groups in total. The Bertz CT molecular complexity index is 3300. The summed E-state index contributed by atoms with van der Waals surface area (Å²) in [5.74, 6) is 2.03. The first kappa shape index (κ1) is 37.3. The summed E-state index contributed by atoms with van der Waals surface area (Å²) in [6.45, 7) is 0. The molecular weight excluding hydrogens is 707 g/mol. The monoisotopic (exact) mass is 745 g/mol. The molecule has 0 aliphatic rings. The Labute approximate surface area is 353 Å². The van der Waals surface area contributed by atoms with Crippen LogP contribution >= 0.6 is 0 Å². The molecule has 0 saturated carbocycles. The fourth-order valence-electron chi connectivity index (χ4n) is 9.58. The lowest BCUT2D eigenvalue weighted by atomic mass is 9.60. The summed E-state index contributed by atoms with van der Waals surface area (Å²) in [6.07, 6.45) is 0. The Morgan fingerprint density at radius 2 is 0.661 bits per heavy atom. The number of benzene rings is 8. The first-order valence-electron chi connectivity index (χ1n) is 20.6. The van der Waals surface area contributed by atoms with E-state index in [4.69, 9.17) is 19.4 Å². The quantitative estimate of drug-likeness (QED) is 0.134. The second kappa shape index (κ2) is 13.8. The van der Waals surface area contributed by atoms with Crippen molar-refractivity contribution in [3.05, 3.63) is 103 Å². The van der Waals surface area contributed by atoms with E-state index in [0.717, 1.165) is 44.2 Å². The van der Waals surface area contributed by atoms with Crippen molar-refractivity contribution in [3.8, 4) is 45.3 Å². The topological polar surface area (TPSA) is 51.8 Å². The van der Waals surface area contributed by atoms with Crippen LogP contribution in [0.2, 0.25) is 0 Å². The van der Waals surface area contributed by atoms with Crippen molar-refractivity contribution in [1.29, 1.82) is 0 Å². The normalized spacial score (nSPS) is 11.7. The third-order valence-electron chi connectivity index (χ3n) is 13.9. The molecule has 268 valence electrons. The van der Waals surface area contributed by atoms with E-state index in [2.05, 4.69) is 182 Å². The number of rotatable bonds is 4. The molecule has 8 aromatic carbocycles. The summed E-state index contributed by atoms with van der Waals surface area (Å²) in [6, 6.07) is 37.3. The van der Waals surface area contributed by atoms with Crippen LogP contribution in [-0.4, -0.2) is 93.4 Å². The van der Waals surface area contributed by atoms with E-state index in [9.17, 15) is 0 Å². The summed E-state index contributed by atoms with van der Waals surface area (Å²) < 4.78 is 6.61. The third-order valence-corrected chi connectivity index (χ3v) is 13.9. The maximum Gasteiger partial charge on any atom is 0.164 e. The molecule has 0 aliphatic carbocycles. The average molecular weight is 744 g/mol. The smallest absolute Gasteiger partial charge is 0.164 e. The van der Waals surface area contributed by atoms with Gasteiger partial charge in [-0.15, -0.1) is 32.8 Å². The molecule has 2 heterocycles. The number of hydrogen-bond acceptors (Lipinski definition) is 4. The Morgan fingerprint density at radius 3 is 1.17 bits per heavy atom. The van der Waals surface area contributed by atoms with Gasteiger partial charge in [-0.1, -0.05) is 94.6 Å². The average Bonchev–Trinajstić information content (AvgIpc) is 3.63. The molecule has 4 nitrogen and oxygen atoms in total. The maximum absolute atomic E-state index is 6.61. The van der Waals surface area contributed by atoms with Gasteiger partial charge < -0.3 is 4.42 Å². The number of aromatic nitrogens is 3. The van der Waals surface area contributed by atoms with Crippen molar-refractivity contribution in [2.75, 3.05) is 0 Å². The second-order valence-electron chi connectivity index (χ2n) is 16.7. The summed E-state index contributed by atoms with van der Waals surface area (Å²) in [7, 11) is 22.0. The minimum atomic E-state index is 0.633. The van der Waals surface area contributed by atoms with Gasteiger partial charge in [-0.2, -0.15) is 0 Å². The number of furan rings is 1. The van der Waals surface area contributed by atoms with Gasteiger partial charge in [0.25, 0.3) is 0 Å². The molecule has 0 atom stereocenters. The van der Waals surface area contributed by atoms with E-state index in [1.54, 1.807) is 0 Å². The standard InChI is InChI=1S/C45H37B10N3O/c46-33-31(34(47)38(51)41(54)37(33)50)44-56-43(57-45(58-44)32-35(48)39(52)42(55)40(53)36(32)49)20-10-13-26-28-16-19(11-14-29(28)59-30(26)17-20)18-9-12-25-23-7-2-1-5-21(23)22-6-3-4-8-24(22)27(25)15-18/h1-17H,46-55H2. The van der Waals surface area contributed by atoms with E-state index in [0.29, 0.717) is 17.5 Å².